The fourth-order valence-electron chi connectivity index (χ4n) is 5.27. The predicted octanol–water partition coefficient (Wildman–Crippen LogP) is 9.38. The number of nitrogens with one attached hydrogen (secondary N) is 1. The van der Waals surface area contributed by atoms with Crippen LogP contribution in [0.3, 0.4) is 0 Å². The van der Waals surface area contributed by atoms with Crippen molar-refractivity contribution in [2.45, 2.75) is 45.8 Å². The molecule has 0 saturated heterocycles. The lowest BCUT2D eigenvalue weighted by Gasteiger charge is -2.14. The second kappa shape index (κ2) is 16.1. The van der Waals surface area contributed by atoms with E-state index in [0.29, 0.717) is 29.2 Å². The van der Waals surface area contributed by atoms with Crippen LogP contribution in [-0.2, 0) is 19.1 Å². The lowest BCUT2D eigenvalue weighted by molar-refractivity contribution is -0.137. The molecule has 0 radical (unpaired) electrons. The molecular weight excluding hydrogens is 595 g/mol. The number of aliphatic hydroxyl groups is 2. The number of hydrogen-bond donors (Lipinski definition) is 3. The fraction of sp³-hybridized carbons (Fsp3) is 0.263. The standard InChI is InChI=1S/C38H39ClF3NO2/c1-26-12-13-28(7-3-4-21-44)23-32(26)17-15-30-8-5-10-34(27(30)2)35-11-6-9-31(37(35)39)16-18-33-24-29(25-43-20-22-45)14-19-36(33)38(40,41)42/h5-6,8-19,23-24,43-45H,3-4,7,20-22,25H2,1-2H3/b17-15+,18-16+. The Kier molecular flexibility index (Phi) is 12.2. The summed E-state index contributed by atoms with van der Waals surface area (Å²) in [6.45, 7) is 4.97. The third kappa shape index (κ3) is 9.18. The van der Waals surface area contributed by atoms with Crippen LogP contribution in [0.4, 0.5) is 13.2 Å². The molecule has 3 nitrogen and oxygen atoms in total. The van der Waals surface area contributed by atoms with Crippen LogP contribution in [0.5, 0.6) is 0 Å². The van der Waals surface area contributed by atoms with Crippen molar-refractivity contribution >= 4 is 35.9 Å². The van der Waals surface area contributed by atoms with Crippen molar-refractivity contribution in [1.29, 1.82) is 0 Å². The Hall–Kier alpha value is -3.68. The molecule has 0 aliphatic rings. The summed E-state index contributed by atoms with van der Waals surface area (Å²) in [5.74, 6) is 0. The summed E-state index contributed by atoms with van der Waals surface area (Å²) in [4.78, 5) is 0. The van der Waals surface area contributed by atoms with Crippen LogP contribution >= 0.6 is 11.6 Å². The lowest BCUT2D eigenvalue weighted by atomic mass is 9.94. The quantitative estimate of drug-likeness (QED) is 0.102. The minimum atomic E-state index is -4.51. The minimum absolute atomic E-state index is 0.0448. The van der Waals surface area contributed by atoms with Crippen molar-refractivity contribution in [1.82, 2.24) is 5.32 Å². The van der Waals surface area contributed by atoms with Gasteiger partial charge >= 0.3 is 6.18 Å². The summed E-state index contributed by atoms with van der Waals surface area (Å²) in [6, 6.07) is 22.1. The molecule has 0 bridgehead atoms. The fourth-order valence-corrected chi connectivity index (χ4v) is 5.56. The molecule has 0 saturated carbocycles. The molecule has 0 aliphatic carbocycles. The zero-order chi connectivity index (χ0) is 32.4. The van der Waals surface area contributed by atoms with Crippen LogP contribution in [0.1, 0.15) is 62.9 Å². The van der Waals surface area contributed by atoms with Crippen molar-refractivity contribution in [2.24, 2.45) is 0 Å². The molecule has 0 fully saturated rings. The number of rotatable bonds is 13. The van der Waals surface area contributed by atoms with Crippen molar-refractivity contribution in [3.05, 3.63) is 128 Å². The summed E-state index contributed by atoms with van der Waals surface area (Å²) < 4.78 is 41.4. The van der Waals surface area contributed by atoms with Crippen molar-refractivity contribution in [3.63, 3.8) is 0 Å². The van der Waals surface area contributed by atoms with E-state index in [2.05, 4.69) is 48.7 Å². The molecule has 7 heteroatoms. The molecule has 45 heavy (non-hydrogen) atoms. The van der Waals surface area contributed by atoms with E-state index in [4.69, 9.17) is 21.8 Å². The zero-order valence-electron chi connectivity index (χ0n) is 25.6. The zero-order valence-corrected chi connectivity index (χ0v) is 26.3. The van der Waals surface area contributed by atoms with Gasteiger partial charge in [0.1, 0.15) is 0 Å². The van der Waals surface area contributed by atoms with Gasteiger partial charge in [-0.15, -0.1) is 0 Å². The van der Waals surface area contributed by atoms with E-state index >= 15 is 0 Å². The first-order chi connectivity index (χ1) is 21.6. The van der Waals surface area contributed by atoms with Gasteiger partial charge in [0.2, 0.25) is 0 Å². The second-order valence-electron chi connectivity index (χ2n) is 11.1. The Bertz CT molecular complexity index is 1660. The Morgan fingerprint density at radius 3 is 2.09 bits per heavy atom. The molecule has 0 amide bonds. The van der Waals surface area contributed by atoms with E-state index in [0.717, 1.165) is 53.1 Å². The minimum Gasteiger partial charge on any atom is -0.396 e. The first-order valence-corrected chi connectivity index (χ1v) is 15.5. The molecule has 3 N–H and O–H groups in total. The number of benzene rings is 4. The topological polar surface area (TPSA) is 52.5 Å². The molecule has 0 unspecified atom stereocenters. The number of halogens is 4. The first-order valence-electron chi connectivity index (χ1n) is 15.1. The van der Waals surface area contributed by atoms with E-state index in [9.17, 15) is 13.2 Å². The van der Waals surface area contributed by atoms with Crippen LogP contribution in [0.25, 0.3) is 35.4 Å². The van der Waals surface area contributed by atoms with Crippen LogP contribution in [0.2, 0.25) is 5.02 Å². The molecule has 4 aromatic rings. The van der Waals surface area contributed by atoms with Gasteiger partial charge in [0.15, 0.2) is 0 Å². The maximum atomic E-state index is 13.8. The average Bonchev–Trinajstić information content (AvgIpc) is 3.01. The average molecular weight is 634 g/mol. The maximum absolute atomic E-state index is 13.8. The molecular formula is C38H39ClF3NO2. The van der Waals surface area contributed by atoms with E-state index in [1.165, 1.54) is 29.3 Å². The Labute approximate surface area is 268 Å². The van der Waals surface area contributed by atoms with E-state index in [-0.39, 0.29) is 18.8 Å². The molecule has 0 atom stereocenters. The highest BCUT2D eigenvalue weighted by molar-refractivity contribution is 6.35. The number of hydrogen-bond acceptors (Lipinski definition) is 3. The Morgan fingerprint density at radius 2 is 1.36 bits per heavy atom. The van der Waals surface area contributed by atoms with Gasteiger partial charge < -0.3 is 15.5 Å². The molecule has 0 heterocycles. The monoisotopic (exact) mass is 633 g/mol. The highest BCUT2D eigenvalue weighted by Crippen LogP contribution is 2.37. The summed E-state index contributed by atoms with van der Waals surface area (Å²) in [7, 11) is 0. The van der Waals surface area contributed by atoms with Gasteiger partial charge in [-0.25, -0.2) is 0 Å². The summed E-state index contributed by atoms with van der Waals surface area (Å²) in [5, 5.41) is 21.6. The number of aryl methyl sites for hydroxylation is 2. The van der Waals surface area contributed by atoms with Gasteiger partial charge in [-0.1, -0.05) is 96.6 Å². The third-order valence-electron chi connectivity index (χ3n) is 7.84. The van der Waals surface area contributed by atoms with Gasteiger partial charge in [0.05, 0.1) is 17.2 Å². The molecule has 4 aromatic carbocycles. The van der Waals surface area contributed by atoms with Crippen LogP contribution < -0.4 is 5.32 Å². The van der Waals surface area contributed by atoms with Gasteiger partial charge in [-0.3, -0.25) is 0 Å². The molecule has 0 spiro atoms. The summed E-state index contributed by atoms with van der Waals surface area (Å²) in [6.07, 6.45) is 5.43. The maximum Gasteiger partial charge on any atom is 0.416 e. The normalized spacial score (nSPS) is 12.1. The number of alkyl halides is 3. The van der Waals surface area contributed by atoms with Crippen molar-refractivity contribution in [2.75, 3.05) is 19.8 Å². The molecule has 4 rings (SSSR count). The highest BCUT2D eigenvalue weighted by Gasteiger charge is 2.32. The van der Waals surface area contributed by atoms with Gasteiger partial charge in [0, 0.05) is 25.3 Å². The van der Waals surface area contributed by atoms with E-state index < -0.39 is 11.7 Å². The molecule has 0 aromatic heterocycles. The second-order valence-corrected chi connectivity index (χ2v) is 11.5. The van der Waals surface area contributed by atoms with Crippen LogP contribution in [0.15, 0.2) is 72.8 Å². The molecule has 0 aliphatic heterocycles. The van der Waals surface area contributed by atoms with Crippen molar-refractivity contribution < 1.29 is 23.4 Å². The predicted molar refractivity (Wildman–Crippen MR) is 181 cm³/mol. The SMILES string of the molecule is Cc1ccc(CCCCO)cc1/C=C/c1cccc(-c2cccc(/C=C/c3cc(CNCCO)ccc3C(F)(F)F)c2Cl)c1C. The van der Waals surface area contributed by atoms with Crippen LogP contribution in [-0.4, -0.2) is 30.0 Å². The molecule has 236 valence electrons. The van der Waals surface area contributed by atoms with Crippen molar-refractivity contribution in [3.8, 4) is 11.1 Å². The highest BCUT2D eigenvalue weighted by atomic mass is 35.5. The number of aliphatic hydroxyl groups excluding tert-OH is 2. The van der Waals surface area contributed by atoms with Gasteiger partial charge in [-0.2, -0.15) is 13.2 Å². The smallest absolute Gasteiger partial charge is 0.396 e. The Morgan fingerprint density at radius 1 is 0.711 bits per heavy atom. The van der Waals surface area contributed by atoms with Gasteiger partial charge in [0.25, 0.3) is 0 Å². The number of unbranched alkanes of at least 4 members (excludes halogenated alkanes) is 1. The third-order valence-corrected chi connectivity index (χ3v) is 8.26. The first kappa shape index (κ1) is 34.2. The Balaban J connectivity index is 1.63. The lowest BCUT2D eigenvalue weighted by Crippen LogP contribution is -2.18. The van der Waals surface area contributed by atoms with Crippen LogP contribution in [0, 0.1) is 13.8 Å². The summed E-state index contributed by atoms with van der Waals surface area (Å²) >= 11 is 6.90. The van der Waals surface area contributed by atoms with E-state index in [1.54, 1.807) is 12.1 Å². The van der Waals surface area contributed by atoms with E-state index in [1.807, 2.05) is 31.2 Å². The van der Waals surface area contributed by atoms with Gasteiger partial charge in [-0.05, 0) is 95.3 Å². The largest absolute Gasteiger partial charge is 0.416 e. The summed E-state index contributed by atoms with van der Waals surface area (Å²) in [5.41, 5.74) is 7.98.